The lowest BCUT2D eigenvalue weighted by atomic mass is 10.1. The van der Waals surface area contributed by atoms with Crippen molar-refractivity contribution in [1.29, 1.82) is 0 Å². The van der Waals surface area contributed by atoms with Gasteiger partial charge in [-0.25, -0.2) is 0 Å². The zero-order chi connectivity index (χ0) is 15.4. The van der Waals surface area contributed by atoms with Crippen LogP contribution in [0.25, 0.3) is 0 Å². The zero-order valence-corrected chi connectivity index (χ0v) is 12.8. The Hall–Kier alpha value is -1.78. The summed E-state index contributed by atoms with van der Waals surface area (Å²) >= 11 is 11.8. The van der Waals surface area contributed by atoms with Crippen molar-refractivity contribution in [3.8, 4) is 0 Å². The number of hydrogen-bond donors (Lipinski definition) is 2. The summed E-state index contributed by atoms with van der Waals surface area (Å²) < 4.78 is 0. The Labute approximate surface area is 132 Å². The van der Waals surface area contributed by atoms with Crippen molar-refractivity contribution >= 4 is 29.1 Å². The smallest absolute Gasteiger partial charge is 0.266 e. The second-order valence-corrected chi connectivity index (χ2v) is 5.55. The normalized spacial score (nSPS) is 12.0. The average molecular weight is 325 g/mol. The Morgan fingerprint density at radius 1 is 1.29 bits per heavy atom. The molecule has 1 aromatic carbocycles. The van der Waals surface area contributed by atoms with E-state index in [1.807, 2.05) is 31.2 Å². The summed E-state index contributed by atoms with van der Waals surface area (Å²) in [7, 11) is 0. The van der Waals surface area contributed by atoms with Crippen LogP contribution in [0.15, 0.2) is 41.3 Å². The number of amides is 1. The molecule has 2 N–H and O–H groups in total. The molecule has 21 heavy (non-hydrogen) atoms. The fraction of sp³-hybridized carbons (Fsp3) is 0.200. The molecule has 0 saturated carbocycles. The first-order chi connectivity index (χ1) is 9.97. The van der Waals surface area contributed by atoms with E-state index >= 15 is 0 Å². The van der Waals surface area contributed by atoms with Crippen molar-refractivity contribution in [2.75, 3.05) is 0 Å². The number of nitrogens with one attached hydrogen (secondary N) is 2. The fourth-order valence-electron chi connectivity index (χ4n) is 1.94. The standard InChI is InChI=1S/C15H14Cl2N2O2/c1-9(6-10-4-2-3-5-12(10)16)19-14(20)11-7-13(17)15(21)18-8-11/h2-5,7-9H,6H2,1H3,(H,18,21)(H,19,20)/t9-/m1/s1. The molecule has 0 aliphatic heterocycles. The number of halogens is 2. The molecule has 0 radical (unpaired) electrons. The highest BCUT2D eigenvalue weighted by Crippen LogP contribution is 2.16. The van der Waals surface area contributed by atoms with Crippen LogP contribution in [-0.4, -0.2) is 16.9 Å². The van der Waals surface area contributed by atoms with Gasteiger partial charge in [0.05, 0.1) is 5.56 Å². The van der Waals surface area contributed by atoms with Gasteiger partial charge in [0.1, 0.15) is 5.02 Å². The van der Waals surface area contributed by atoms with E-state index in [0.29, 0.717) is 17.0 Å². The quantitative estimate of drug-likeness (QED) is 0.908. The molecule has 0 aliphatic carbocycles. The largest absolute Gasteiger partial charge is 0.349 e. The van der Waals surface area contributed by atoms with E-state index in [4.69, 9.17) is 23.2 Å². The summed E-state index contributed by atoms with van der Waals surface area (Å²) in [5.41, 5.74) is 0.856. The molecular weight excluding hydrogens is 311 g/mol. The summed E-state index contributed by atoms with van der Waals surface area (Å²) in [6.45, 7) is 1.88. The van der Waals surface area contributed by atoms with Gasteiger partial charge in [0, 0.05) is 17.3 Å². The maximum absolute atomic E-state index is 12.1. The molecule has 4 nitrogen and oxygen atoms in total. The maximum atomic E-state index is 12.1. The minimum absolute atomic E-state index is 0.0126. The lowest BCUT2D eigenvalue weighted by Gasteiger charge is -2.14. The molecule has 0 bridgehead atoms. The monoisotopic (exact) mass is 324 g/mol. The third-order valence-electron chi connectivity index (χ3n) is 2.98. The number of aromatic amines is 1. The molecule has 1 atom stereocenters. The number of carbonyl (C=O) groups excluding carboxylic acids is 1. The molecule has 0 spiro atoms. The summed E-state index contributed by atoms with van der Waals surface area (Å²) in [4.78, 5) is 25.6. The Morgan fingerprint density at radius 2 is 2.00 bits per heavy atom. The molecule has 2 aromatic rings. The Bertz CT molecular complexity index is 713. The van der Waals surface area contributed by atoms with Crippen molar-refractivity contribution in [2.45, 2.75) is 19.4 Å². The van der Waals surface area contributed by atoms with Crippen molar-refractivity contribution in [1.82, 2.24) is 10.3 Å². The number of carbonyl (C=O) groups is 1. The third kappa shape index (κ3) is 4.09. The lowest BCUT2D eigenvalue weighted by Crippen LogP contribution is -2.34. The molecule has 110 valence electrons. The first kappa shape index (κ1) is 15.6. The van der Waals surface area contributed by atoms with E-state index < -0.39 is 5.56 Å². The molecule has 1 aromatic heterocycles. The van der Waals surface area contributed by atoms with Crippen LogP contribution in [0.1, 0.15) is 22.8 Å². The van der Waals surface area contributed by atoms with Gasteiger partial charge in [0.25, 0.3) is 11.5 Å². The summed E-state index contributed by atoms with van der Waals surface area (Å²) in [6.07, 6.45) is 1.95. The van der Waals surface area contributed by atoms with Gasteiger partial charge in [-0.05, 0) is 31.0 Å². The van der Waals surface area contributed by atoms with Gasteiger partial charge < -0.3 is 10.3 Å². The second-order valence-electron chi connectivity index (χ2n) is 4.74. The van der Waals surface area contributed by atoms with Crippen LogP contribution < -0.4 is 10.9 Å². The van der Waals surface area contributed by atoms with E-state index in [1.165, 1.54) is 12.3 Å². The van der Waals surface area contributed by atoms with Gasteiger partial charge in [0.2, 0.25) is 0 Å². The van der Waals surface area contributed by atoms with Gasteiger partial charge in [-0.15, -0.1) is 0 Å². The predicted molar refractivity (Wildman–Crippen MR) is 84.2 cm³/mol. The minimum Gasteiger partial charge on any atom is -0.349 e. The molecule has 0 unspecified atom stereocenters. The first-order valence-corrected chi connectivity index (χ1v) is 7.15. The summed E-state index contributed by atoms with van der Waals surface area (Å²) in [5, 5.41) is 3.50. The highest BCUT2D eigenvalue weighted by Gasteiger charge is 2.12. The van der Waals surface area contributed by atoms with Crippen molar-refractivity contribution in [3.05, 3.63) is 68.1 Å². The molecule has 0 aliphatic rings. The average Bonchev–Trinajstić information content (AvgIpc) is 2.44. The number of rotatable bonds is 4. The Balaban J connectivity index is 2.03. The highest BCUT2D eigenvalue weighted by molar-refractivity contribution is 6.31. The van der Waals surface area contributed by atoms with Crippen LogP contribution in [0.3, 0.4) is 0 Å². The van der Waals surface area contributed by atoms with Crippen LogP contribution in [0.5, 0.6) is 0 Å². The van der Waals surface area contributed by atoms with Crippen molar-refractivity contribution < 1.29 is 4.79 Å². The predicted octanol–water partition coefficient (Wildman–Crippen LogP) is 3.04. The van der Waals surface area contributed by atoms with E-state index in [9.17, 15) is 9.59 Å². The Kier molecular flexibility index (Phi) is 5.04. The van der Waals surface area contributed by atoms with Gasteiger partial charge in [-0.1, -0.05) is 41.4 Å². The number of hydrogen-bond acceptors (Lipinski definition) is 2. The SMILES string of the molecule is C[C@H](Cc1ccccc1Cl)NC(=O)c1c[nH]c(=O)c(Cl)c1. The lowest BCUT2D eigenvalue weighted by molar-refractivity contribution is 0.0939. The molecule has 1 heterocycles. The van der Waals surface area contributed by atoms with E-state index in [2.05, 4.69) is 10.3 Å². The van der Waals surface area contributed by atoms with E-state index in [0.717, 1.165) is 5.56 Å². The van der Waals surface area contributed by atoms with Gasteiger partial charge >= 0.3 is 0 Å². The molecule has 0 fully saturated rings. The molecular formula is C15H14Cl2N2O2. The maximum Gasteiger partial charge on any atom is 0.266 e. The van der Waals surface area contributed by atoms with E-state index in [1.54, 1.807) is 0 Å². The molecule has 1 amide bonds. The first-order valence-electron chi connectivity index (χ1n) is 6.40. The van der Waals surface area contributed by atoms with Gasteiger partial charge in [-0.3, -0.25) is 9.59 Å². The van der Waals surface area contributed by atoms with Crippen LogP contribution in [-0.2, 0) is 6.42 Å². The van der Waals surface area contributed by atoms with Gasteiger partial charge in [0.15, 0.2) is 0 Å². The van der Waals surface area contributed by atoms with Crippen LogP contribution in [0.2, 0.25) is 10.0 Å². The number of H-pyrrole nitrogens is 1. The minimum atomic E-state index is -0.419. The number of pyridine rings is 1. The summed E-state index contributed by atoms with van der Waals surface area (Å²) in [6, 6.07) is 8.73. The highest BCUT2D eigenvalue weighted by atomic mass is 35.5. The molecule has 6 heteroatoms. The van der Waals surface area contributed by atoms with Crippen LogP contribution >= 0.6 is 23.2 Å². The number of benzene rings is 1. The molecule has 0 saturated heterocycles. The van der Waals surface area contributed by atoms with Crippen LogP contribution in [0.4, 0.5) is 0 Å². The second kappa shape index (κ2) is 6.78. The zero-order valence-electron chi connectivity index (χ0n) is 11.3. The summed E-state index contributed by atoms with van der Waals surface area (Å²) in [5.74, 6) is -0.298. The van der Waals surface area contributed by atoms with Crippen molar-refractivity contribution in [2.24, 2.45) is 0 Å². The van der Waals surface area contributed by atoms with Crippen molar-refractivity contribution in [3.63, 3.8) is 0 Å². The fourth-order valence-corrected chi connectivity index (χ4v) is 2.32. The van der Waals surface area contributed by atoms with Gasteiger partial charge in [-0.2, -0.15) is 0 Å². The topological polar surface area (TPSA) is 62.0 Å². The van der Waals surface area contributed by atoms with Crippen LogP contribution in [0, 0.1) is 0 Å². The number of aromatic nitrogens is 1. The molecule has 2 rings (SSSR count). The Morgan fingerprint density at radius 3 is 2.67 bits per heavy atom. The van der Waals surface area contributed by atoms with E-state index in [-0.39, 0.29) is 17.0 Å². The third-order valence-corrected chi connectivity index (χ3v) is 3.63.